The van der Waals surface area contributed by atoms with Crippen molar-refractivity contribution in [1.82, 2.24) is 0 Å². The minimum atomic E-state index is -0.0459. The molecule has 102 valence electrons. The van der Waals surface area contributed by atoms with Gasteiger partial charge in [-0.25, -0.2) is 0 Å². The van der Waals surface area contributed by atoms with Crippen LogP contribution in [0.2, 0.25) is 0 Å². The summed E-state index contributed by atoms with van der Waals surface area (Å²) in [4.78, 5) is 12.0. The van der Waals surface area contributed by atoms with Crippen LogP contribution in [0, 0.1) is 0 Å². The van der Waals surface area contributed by atoms with Crippen molar-refractivity contribution in [2.45, 2.75) is 0 Å². The number of methoxy groups -OCH3 is 2. The molecule has 0 atom stereocenters. The molecule has 2 rings (SSSR count). The Bertz CT molecular complexity index is 615. The fourth-order valence-corrected chi connectivity index (χ4v) is 1.91. The van der Waals surface area contributed by atoms with Gasteiger partial charge in [0.2, 0.25) is 0 Å². The number of allylic oxidation sites excluding steroid dienone is 1. The van der Waals surface area contributed by atoms with Crippen LogP contribution in [0.3, 0.4) is 0 Å². The summed E-state index contributed by atoms with van der Waals surface area (Å²) in [5.41, 5.74) is 1.46. The van der Waals surface area contributed by atoms with E-state index in [0.29, 0.717) is 17.1 Å². The Balaban J connectivity index is 2.26. The quantitative estimate of drug-likeness (QED) is 0.614. The summed E-state index contributed by atoms with van der Waals surface area (Å²) in [5, 5.41) is 0. The molecule has 0 aliphatic rings. The van der Waals surface area contributed by atoms with E-state index in [0.717, 1.165) is 5.56 Å². The third-order valence-corrected chi connectivity index (χ3v) is 2.91. The lowest BCUT2D eigenvalue weighted by Gasteiger charge is -2.09. The zero-order valence-electron chi connectivity index (χ0n) is 11.5. The average Bonchev–Trinajstić information content (AvgIpc) is 2.52. The number of hydrogen-bond acceptors (Lipinski definition) is 3. The largest absolute Gasteiger partial charge is 0.493 e. The molecule has 20 heavy (non-hydrogen) atoms. The van der Waals surface area contributed by atoms with Crippen molar-refractivity contribution in [2.24, 2.45) is 0 Å². The monoisotopic (exact) mass is 268 g/mol. The minimum Gasteiger partial charge on any atom is -0.493 e. The van der Waals surface area contributed by atoms with Gasteiger partial charge in [-0.15, -0.1) is 0 Å². The van der Waals surface area contributed by atoms with Crippen LogP contribution in [0.4, 0.5) is 0 Å². The highest BCUT2D eigenvalue weighted by atomic mass is 16.5. The van der Waals surface area contributed by atoms with Crippen molar-refractivity contribution < 1.29 is 14.3 Å². The Labute approximate surface area is 118 Å². The number of benzene rings is 2. The first kappa shape index (κ1) is 13.9. The number of hydrogen-bond donors (Lipinski definition) is 0. The third kappa shape index (κ3) is 3.06. The molecule has 0 amide bonds. The molecule has 0 heterocycles. The molecule has 0 saturated carbocycles. The normalized spacial score (nSPS) is 10.5. The van der Waals surface area contributed by atoms with E-state index in [1.54, 1.807) is 32.4 Å². The maximum atomic E-state index is 12.0. The van der Waals surface area contributed by atoms with E-state index in [2.05, 4.69) is 0 Å². The Morgan fingerprint density at radius 1 is 0.950 bits per heavy atom. The van der Waals surface area contributed by atoms with E-state index in [9.17, 15) is 4.79 Å². The van der Waals surface area contributed by atoms with Gasteiger partial charge in [0.25, 0.3) is 0 Å². The topological polar surface area (TPSA) is 35.5 Å². The smallest absolute Gasteiger partial charge is 0.185 e. The number of ketones is 1. The van der Waals surface area contributed by atoms with Crippen molar-refractivity contribution in [3.63, 3.8) is 0 Å². The summed E-state index contributed by atoms with van der Waals surface area (Å²) >= 11 is 0. The maximum Gasteiger partial charge on any atom is 0.185 e. The van der Waals surface area contributed by atoms with Crippen molar-refractivity contribution in [1.29, 1.82) is 0 Å². The standard InChI is InChI=1S/C17H16O3/c1-19-16-10-6-9-14(17(16)20-2)11-12-15(18)13-7-4-3-5-8-13/h3-12H,1-2H3. The molecule has 0 fully saturated rings. The van der Waals surface area contributed by atoms with Crippen LogP contribution in [0.5, 0.6) is 11.5 Å². The van der Waals surface area contributed by atoms with Gasteiger partial charge in [0, 0.05) is 11.1 Å². The van der Waals surface area contributed by atoms with Crippen molar-refractivity contribution in [2.75, 3.05) is 14.2 Å². The van der Waals surface area contributed by atoms with E-state index < -0.39 is 0 Å². The molecule has 0 spiro atoms. The summed E-state index contributed by atoms with van der Waals surface area (Å²) in [6.45, 7) is 0. The lowest BCUT2D eigenvalue weighted by atomic mass is 10.1. The summed E-state index contributed by atoms with van der Waals surface area (Å²) in [7, 11) is 3.16. The molecule has 2 aromatic carbocycles. The molecule has 0 aromatic heterocycles. The van der Waals surface area contributed by atoms with Crippen LogP contribution in [0.15, 0.2) is 54.6 Å². The zero-order valence-corrected chi connectivity index (χ0v) is 11.5. The molecular formula is C17H16O3. The van der Waals surface area contributed by atoms with Crippen LogP contribution in [-0.4, -0.2) is 20.0 Å². The Kier molecular flexibility index (Phi) is 4.56. The molecule has 0 unspecified atom stereocenters. The third-order valence-electron chi connectivity index (χ3n) is 2.91. The molecule has 0 saturated heterocycles. The Morgan fingerprint density at radius 3 is 2.35 bits per heavy atom. The fourth-order valence-electron chi connectivity index (χ4n) is 1.91. The number of carbonyl (C=O) groups is 1. The van der Waals surface area contributed by atoms with Crippen LogP contribution in [0.25, 0.3) is 6.08 Å². The fraction of sp³-hybridized carbons (Fsp3) is 0.118. The van der Waals surface area contributed by atoms with E-state index in [1.165, 1.54) is 6.08 Å². The molecular weight excluding hydrogens is 252 g/mol. The van der Waals surface area contributed by atoms with Crippen molar-refractivity contribution >= 4 is 11.9 Å². The second-order valence-corrected chi connectivity index (χ2v) is 4.15. The number of rotatable bonds is 5. The van der Waals surface area contributed by atoms with Gasteiger partial charge in [-0.1, -0.05) is 42.5 Å². The molecule has 0 aliphatic heterocycles. The second kappa shape index (κ2) is 6.57. The highest BCUT2D eigenvalue weighted by Crippen LogP contribution is 2.31. The van der Waals surface area contributed by atoms with Crippen LogP contribution in [-0.2, 0) is 0 Å². The molecule has 3 heteroatoms. The molecule has 0 bridgehead atoms. The van der Waals surface area contributed by atoms with Gasteiger partial charge < -0.3 is 9.47 Å². The van der Waals surface area contributed by atoms with Gasteiger partial charge in [0.15, 0.2) is 17.3 Å². The molecule has 0 N–H and O–H groups in total. The van der Waals surface area contributed by atoms with E-state index in [-0.39, 0.29) is 5.78 Å². The number of para-hydroxylation sites is 1. The van der Waals surface area contributed by atoms with Crippen LogP contribution in [0.1, 0.15) is 15.9 Å². The van der Waals surface area contributed by atoms with E-state index in [4.69, 9.17) is 9.47 Å². The van der Waals surface area contributed by atoms with E-state index >= 15 is 0 Å². The molecule has 3 nitrogen and oxygen atoms in total. The van der Waals surface area contributed by atoms with Gasteiger partial charge in [-0.3, -0.25) is 4.79 Å². The number of carbonyl (C=O) groups excluding carboxylic acids is 1. The summed E-state index contributed by atoms with van der Waals surface area (Å²) in [6, 6.07) is 14.7. The van der Waals surface area contributed by atoms with Gasteiger partial charge in [0.1, 0.15) is 0 Å². The summed E-state index contributed by atoms with van der Waals surface area (Å²) in [6.07, 6.45) is 3.27. The van der Waals surface area contributed by atoms with Crippen LogP contribution < -0.4 is 9.47 Å². The predicted octanol–water partition coefficient (Wildman–Crippen LogP) is 3.60. The molecule has 2 aromatic rings. The van der Waals surface area contributed by atoms with Gasteiger partial charge in [-0.2, -0.15) is 0 Å². The highest BCUT2D eigenvalue weighted by Gasteiger charge is 2.07. The predicted molar refractivity (Wildman–Crippen MR) is 79.4 cm³/mol. The molecule has 0 aliphatic carbocycles. The first-order valence-corrected chi connectivity index (χ1v) is 6.24. The van der Waals surface area contributed by atoms with Gasteiger partial charge in [-0.05, 0) is 18.2 Å². The highest BCUT2D eigenvalue weighted by molar-refractivity contribution is 6.06. The van der Waals surface area contributed by atoms with Crippen molar-refractivity contribution in [3.8, 4) is 11.5 Å². The second-order valence-electron chi connectivity index (χ2n) is 4.15. The lowest BCUT2D eigenvalue weighted by molar-refractivity contribution is 0.104. The first-order chi connectivity index (χ1) is 9.76. The summed E-state index contributed by atoms with van der Waals surface area (Å²) < 4.78 is 10.5. The Hall–Kier alpha value is -2.55. The lowest BCUT2D eigenvalue weighted by Crippen LogP contribution is -1.95. The first-order valence-electron chi connectivity index (χ1n) is 6.24. The van der Waals surface area contributed by atoms with Crippen molar-refractivity contribution in [3.05, 3.63) is 65.7 Å². The van der Waals surface area contributed by atoms with E-state index in [1.807, 2.05) is 36.4 Å². The Morgan fingerprint density at radius 2 is 1.70 bits per heavy atom. The van der Waals surface area contributed by atoms with Gasteiger partial charge >= 0.3 is 0 Å². The maximum absolute atomic E-state index is 12.0. The summed E-state index contributed by atoms with van der Waals surface area (Å²) in [5.74, 6) is 1.21. The van der Waals surface area contributed by atoms with Gasteiger partial charge in [0.05, 0.1) is 14.2 Å². The molecule has 0 radical (unpaired) electrons. The average molecular weight is 268 g/mol. The minimum absolute atomic E-state index is 0.0459. The SMILES string of the molecule is COc1cccc(C=CC(=O)c2ccccc2)c1OC. The zero-order chi connectivity index (χ0) is 14.4. The van der Waals surface area contributed by atoms with Crippen LogP contribution >= 0.6 is 0 Å². The number of ether oxygens (including phenoxy) is 2.